The minimum absolute atomic E-state index is 0. The van der Waals surface area contributed by atoms with E-state index in [1.165, 1.54) is 7.11 Å². The number of carbonyl (C=O) groups is 5. The first kappa shape index (κ1) is 47.7. The molecule has 4 amide bonds. The van der Waals surface area contributed by atoms with Crippen LogP contribution in [0.3, 0.4) is 0 Å². The maximum absolute atomic E-state index is 14.2. The molecule has 2 N–H and O–H groups in total. The van der Waals surface area contributed by atoms with E-state index in [2.05, 4.69) is 10.6 Å². The predicted octanol–water partition coefficient (Wildman–Crippen LogP) is 4.66. The average Bonchev–Trinajstić information content (AvgIpc) is 3.59. The number of likely N-dealkylation sites (N-methyl/N-ethyl adjacent to an activating group) is 2. The molecule has 0 aromatic heterocycles. The molecule has 1 fully saturated rings. The van der Waals surface area contributed by atoms with Gasteiger partial charge in [-0.25, -0.2) is 0 Å². The number of hydrogen-bond donors (Lipinski definition) is 2. The third-order valence-electron chi connectivity index (χ3n) is 10.8. The van der Waals surface area contributed by atoms with Gasteiger partial charge in [0.25, 0.3) is 0 Å². The molecule has 0 saturated carbocycles. The van der Waals surface area contributed by atoms with Gasteiger partial charge in [0.2, 0.25) is 23.6 Å². The molecule has 12 heteroatoms. The topological polar surface area (TPSA) is 138 Å². The third kappa shape index (κ3) is 12.3. The van der Waals surface area contributed by atoms with E-state index in [0.717, 1.165) is 12.8 Å². The summed E-state index contributed by atoms with van der Waals surface area (Å²) in [7, 11) is 8.53. The lowest BCUT2D eigenvalue weighted by Gasteiger charge is -2.41. The maximum Gasteiger partial charge on any atom is 0.245 e. The van der Waals surface area contributed by atoms with Crippen LogP contribution in [0.2, 0.25) is 0 Å². The van der Waals surface area contributed by atoms with Crippen LogP contribution in [0.5, 0.6) is 0 Å². The first-order chi connectivity index (χ1) is 24.4. The van der Waals surface area contributed by atoms with Crippen molar-refractivity contribution in [1.82, 2.24) is 25.3 Å². The Morgan fingerprint density at radius 3 is 1.96 bits per heavy atom. The second-order valence-electron chi connectivity index (χ2n) is 15.4. The van der Waals surface area contributed by atoms with Gasteiger partial charge in [-0.2, -0.15) is 0 Å². The number of methoxy groups -OCH3 is 2. The number of benzene rings is 1. The van der Waals surface area contributed by atoms with Crippen molar-refractivity contribution in [2.75, 3.05) is 41.9 Å². The Hall–Kier alpha value is -3.35. The highest BCUT2D eigenvalue weighted by Gasteiger charge is 2.43. The van der Waals surface area contributed by atoms with Gasteiger partial charge in [0.05, 0.1) is 48.7 Å². The Balaban J connectivity index is 0.0000140. The number of amides is 4. The molecule has 1 aromatic rings. The van der Waals surface area contributed by atoms with E-state index in [0.29, 0.717) is 18.5 Å². The first-order valence-electron chi connectivity index (χ1n) is 18.9. The molecule has 53 heavy (non-hydrogen) atoms. The van der Waals surface area contributed by atoms with Crippen molar-refractivity contribution in [3.63, 3.8) is 0 Å². The van der Waals surface area contributed by atoms with Crippen LogP contribution in [0, 0.1) is 23.7 Å². The van der Waals surface area contributed by atoms with Gasteiger partial charge in [-0.15, -0.1) is 0 Å². The summed E-state index contributed by atoms with van der Waals surface area (Å²) < 4.78 is 11.9. The zero-order valence-corrected chi connectivity index (χ0v) is 34.0. The van der Waals surface area contributed by atoms with Crippen molar-refractivity contribution < 1.29 is 33.4 Å². The number of hydrogen-bond acceptors (Lipinski definition) is 8. The summed E-state index contributed by atoms with van der Waals surface area (Å²) in [4.78, 5) is 73.4. The van der Waals surface area contributed by atoms with Gasteiger partial charge in [-0.3, -0.25) is 28.9 Å². The van der Waals surface area contributed by atoms with Crippen molar-refractivity contribution in [3.05, 3.63) is 35.9 Å². The van der Waals surface area contributed by atoms with Crippen LogP contribution in [0.25, 0.3) is 0 Å². The number of likely N-dealkylation sites (tertiary alicyclic amines) is 1. The lowest BCUT2D eigenvalue weighted by molar-refractivity contribution is -0.148. The molecular weight excluding hydrogens is 674 g/mol. The molecule has 9 atom stereocenters. The van der Waals surface area contributed by atoms with Crippen LogP contribution < -0.4 is 10.6 Å². The third-order valence-corrected chi connectivity index (χ3v) is 10.8. The quantitative estimate of drug-likeness (QED) is 0.184. The summed E-state index contributed by atoms with van der Waals surface area (Å²) in [5, 5.41) is 5.88. The van der Waals surface area contributed by atoms with Crippen LogP contribution in [-0.4, -0.2) is 128 Å². The average molecular weight is 746 g/mol. The van der Waals surface area contributed by atoms with Crippen LogP contribution in [0.4, 0.5) is 0 Å². The van der Waals surface area contributed by atoms with Gasteiger partial charge in [-0.05, 0) is 51.6 Å². The molecule has 1 heterocycles. The van der Waals surface area contributed by atoms with Gasteiger partial charge < -0.3 is 29.9 Å². The monoisotopic (exact) mass is 746 g/mol. The summed E-state index contributed by atoms with van der Waals surface area (Å²) in [6.07, 6.45) is 0.935. The molecule has 1 aliphatic heterocycles. The van der Waals surface area contributed by atoms with Crippen LogP contribution in [-0.2, 0) is 28.7 Å². The van der Waals surface area contributed by atoms with Gasteiger partial charge in [0.15, 0.2) is 5.78 Å². The second kappa shape index (κ2) is 22.1. The van der Waals surface area contributed by atoms with Crippen LogP contribution in [0.1, 0.15) is 98.9 Å². The van der Waals surface area contributed by atoms with E-state index in [9.17, 15) is 24.0 Å². The highest BCUT2D eigenvalue weighted by atomic mass is 16.5. The standard InChI is InChI=1S/C40H67N5O7.CH4/c1-14-26(6)35(44(11)40(50)33(24(2)3)42-39(49)34(25(4)5)43(9)10)31(51-12)23-32(46)45-22-18-21-30(45)37(52-13)27(7)38(48)41-28(8)36(47)29-19-16-15-17-20-29;/h15-17,19-20,24-28,30-31,33-35,37H,14,18,21-23H2,1-13H3,(H,41,48)(H,42,49);1H4/t26-,27+,28+,30-,31+,33-,34-,35-,37+;/m0./s1. The summed E-state index contributed by atoms with van der Waals surface area (Å²) in [5.74, 6) is -1.89. The van der Waals surface area contributed by atoms with Gasteiger partial charge in [-0.1, -0.05) is 92.6 Å². The minimum Gasteiger partial charge on any atom is -0.379 e. The summed E-state index contributed by atoms with van der Waals surface area (Å²) in [6.45, 7) is 15.8. The van der Waals surface area contributed by atoms with Gasteiger partial charge in [0.1, 0.15) is 6.04 Å². The van der Waals surface area contributed by atoms with E-state index in [4.69, 9.17) is 9.47 Å². The minimum atomic E-state index is -0.762. The van der Waals surface area contributed by atoms with E-state index in [1.807, 2.05) is 66.6 Å². The van der Waals surface area contributed by atoms with E-state index in [-0.39, 0.29) is 67.1 Å². The molecule has 0 radical (unpaired) electrons. The molecular formula is C41H71N5O7. The van der Waals surface area contributed by atoms with Crippen molar-refractivity contribution in [3.8, 4) is 0 Å². The number of Topliss-reactive ketones (excluding diaryl/α,β-unsaturated/α-hetero) is 1. The number of nitrogens with one attached hydrogen (secondary N) is 2. The largest absolute Gasteiger partial charge is 0.379 e. The summed E-state index contributed by atoms with van der Waals surface area (Å²) in [5.41, 5.74) is 0.517. The Morgan fingerprint density at radius 1 is 0.868 bits per heavy atom. The molecule has 1 saturated heterocycles. The van der Waals surface area contributed by atoms with E-state index < -0.39 is 42.3 Å². The number of carbonyl (C=O) groups excluding carboxylic acids is 5. The molecule has 0 aliphatic carbocycles. The molecule has 1 aliphatic rings. The maximum atomic E-state index is 14.2. The lowest BCUT2D eigenvalue weighted by Crippen LogP contribution is -2.59. The molecule has 0 bridgehead atoms. The summed E-state index contributed by atoms with van der Waals surface area (Å²) in [6, 6.07) is 6.13. The number of ketones is 1. The van der Waals surface area contributed by atoms with Crippen molar-refractivity contribution in [2.45, 2.75) is 131 Å². The molecule has 0 spiro atoms. The second-order valence-corrected chi connectivity index (χ2v) is 15.4. The Labute approximate surface area is 320 Å². The zero-order valence-electron chi connectivity index (χ0n) is 34.0. The smallest absolute Gasteiger partial charge is 0.245 e. The zero-order chi connectivity index (χ0) is 39.4. The normalized spacial score (nSPS) is 19.0. The fourth-order valence-electron chi connectivity index (χ4n) is 7.67. The van der Waals surface area contributed by atoms with Gasteiger partial charge in [0, 0.05) is 33.4 Å². The SMILES string of the molecule is C.CC[C@H](C)[C@@H]([C@@H](CC(=O)N1CCC[C@H]1[C@H](OC)[C@@H](C)C(=O)N[C@H](C)C(=O)c1ccccc1)OC)N(C)C(=O)[C@@H](NC(=O)[C@H](C(C)C)N(C)C)C(C)C. The highest BCUT2D eigenvalue weighted by Crippen LogP contribution is 2.30. The Kier molecular flexibility index (Phi) is 19.9. The Morgan fingerprint density at radius 2 is 1.47 bits per heavy atom. The van der Waals surface area contributed by atoms with E-state index >= 15 is 0 Å². The first-order valence-corrected chi connectivity index (χ1v) is 18.9. The van der Waals surface area contributed by atoms with Crippen LogP contribution >= 0.6 is 0 Å². The molecule has 1 aromatic carbocycles. The Bertz CT molecular complexity index is 1310. The fraction of sp³-hybridized carbons (Fsp3) is 0.732. The fourth-order valence-corrected chi connectivity index (χ4v) is 7.67. The van der Waals surface area contributed by atoms with Crippen LogP contribution in [0.15, 0.2) is 30.3 Å². The number of ether oxygens (including phenoxy) is 2. The van der Waals surface area contributed by atoms with Gasteiger partial charge >= 0.3 is 0 Å². The predicted molar refractivity (Wildman–Crippen MR) is 210 cm³/mol. The molecule has 302 valence electrons. The molecule has 12 nitrogen and oxygen atoms in total. The van der Waals surface area contributed by atoms with E-state index in [1.54, 1.807) is 62.1 Å². The molecule has 0 unspecified atom stereocenters. The lowest BCUT2D eigenvalue weighted by atomic mass is 9.89. The van der Waals surface area contributed by atoms with Crippen molar-refractivity contribution >= 4 is 29.4 Å². The van der Waals surface area contributed by atoms with Crippen molar-refractivity contribution in [2.24, 2.45) is 23.7 Å². The highest BCUT2D eigenvalue weighted by molar-refractivity contribution is 6.01. The summed E-state index contributed by atoms with van der Waals surface area (Å²) >= 11 is 0. The number of nitrogens with zero attached hydrogens (tertiary/aromatic N) is 3. The number of rotatable bonds is 20. The molecule has 2 rings (SSSR count). The van der Waals surface area contributed by atoms with Crippen molar-refractivity contribution in [1.29, 1.82) is 0 Å².